The van der Waals surface area contributed by atoms with Crippen molar-refractivity contribution in [2.75, 3.05) is 38.6 Å². The number of hydrogen-bond donors (Lipinski definition) is 2. The van der Waals surface area contributed by atoms with E-state index in [-0.39, 0.29) is 17.8 Å². The number of benzene rings is 2. The first-order valence-corrected chi connectivity index (χ1v) is 8.76. The molecule has 138 valence electrons. The van der Waals surface area contributed by atoms with E-state index in [4.69, 9.17) is 10.5 Å². The Morgan fingerprint density at radius 2 is 2.04 bits per heavy atom. The van der Waals surface area contributed by atoms with Crippen molar-refractivity contribution >= 4 is 11.6 Å². The number of nitrogen functional groups attached to an aromatic ring is 1. The molecule has 1 fully saturated rings. The van der Waals surface area contributed by atoms with E-state index in [0.717, 1.165) is 24.2 Å². The van der Waals surface area contributed by atoms with Gasteiger partial charge >= 0.3 is 0 Å². The zero-order chi connectivity index (χ0) is 18.5. The molecule has 1 atom stereocenters. The van der Waals surface area contributed by atoms with Crippen LogP contribution in [0.1, 0.15) is 27.5 Å². The maximum atomic E-state index is 13.7. The summed E-state index contributed by atoms with van der Waals surface area (Å²) in [6.07, 6.45) is 0. The highest BCUT2D eigenvalue weighted by atomic mass is 19.1. The first-order valence-electron chi connectivity index (χ1n) is 8.76. The van der Waals surface area contributed by atoms with Crippen molar-refractivity contribution in [2.24, 2.45) is 0 Å². The molecule has 26 heavy (non-hydrogen) atoms. The Kier molecular flexibility index (Phi) is 5.85. The lowest BCUT2D eigenvalue weighted by Gasteiger charge is -2.35. The van der Waals surface area contributed by atoms with E-state index < -0.39 is 0 Å². The number of rotatable bonds is 5. The van der Waals surface area contributed by atoms with E-state index in [1.165, 1.54) is 12.1 Å². The quantitative estimate of drug-likeness (QED) is 0.807. The van der Waals surface area contributed by atoms with E-state index in [9.17, 15) is 9.18 Å². The summed E-state index contributed by atoms with van der Waals surface area (Å²) in [6.45, 7) is 5.02. The summed E-state index contributed by atoms with van der Waals surface area (Å²) in [6, 6.07) is 11.7. The molecule has 1 saturated heterocycles. The predicted octanol–water partition coefficient (Wildman–Crippen LogP) is 2.52. The fourth-order valence-electron chi connectivity index (χ4n) is 3.23. The van der Waals surface area contributed by atoms with Gasteiger partial charge in [0.05, 0.1) is 19.3 Å². The molecule has 2 aromatic carbocycles. The third-order valence-electron chi connectivity index (χ3n) is 4.68. The molecule has 2 aromatic rings. The van der Waals surface area contributed by atoms with Crippen molar-refractivity contribution in [1.29, 1.82) is 0 Å². The fraction of sp³-hybridized carbons (Fsp3) is 0.350. The van der Waals surface area contributed by atoms with Crippen LogP contribution in [0.3, 0.4) is 0 Å². The van der Waals surface area contributed by atoms with Crippen molar-refractivity contribution in [3.63, 3.8) is 0 Å². The molecule has 1 aliphatic rings. The molecule has 0 aromatic heterocycles. The maximum absolute atomic E-state index is 13.7. The molecule has 0 radical (unpaired) electrons. The van der Waals surface area contributed by atoms with Crippen LogP contribution in [-0.4, -0.2) is 43.7 Å². The van der Waals surface area contributed by atoms with Gasteiger partial charge in [-0.25, -0.2) is 4.39 Å². The van der Waals surface area contributed by atoms with Gasteiger partial charge in [0.1, 0.15) is 5.82 Å². The summed E-state index contributed by atoms with van der Waals surface area (Å²) in [4.78, 5) is 14.8. The number of ether oxygens (including phenoxy) is 1. The van der Waals surface area contributed by atoms with Crippen molar-refractivity contribution in [3.8, 4) is 0 Å². The van der Waals surface area contributed by atoms with Gasteiger partial charge in [0, 0.05) is 30.9 Å². The highest BCUT2D eigenvalue weighted by molar-refractivity contribution is 5.96. The molecular formula is C20H24FN3O2. The lowest BCUT2D eigenvalue weighted by atomic mass is 10.0. The monoisotopic (exact) mass is 357 g/mol. The fourth-order valence-corrected chi connectivity index (χ4v) is 3.23. The minimum Gasteiger partial charge on any atom is -0.399 e. The molecule has 3 rings (SSSR count). The Bertz CT molecular complexity index is 775. The largest absolute Gasteiger partial charge is 0.399 e. The van der Waals surface area contributed by atoms with E-state index in [1.54, 1.807) is 18.2 Å². The minimum atomic E-state index is -0.279. The number of nitrogens with one attached hydrogen (secondary N) is 1. The van der Waals surface area contributed by atoms with E-state index in [1.807, 2.05) is 19.1 Å². The normalized spacial score (nSPS) is 16.2. The van der Waals surface area contributed by atoms with Crippen molar-refractivity contribution in [3.05, 3.63) is 65.0 Å². The van der Waals surface area contributed by atoms with E-state index >= 15 is 0 Å². The predicted molar refractivity (Wildman–Crippen MR) is 99.5 cm³/mol. The molecule has 1 unspecified atom stereocenters. The van der Waals surface area contributed by atoms with Gasteiger partial charge in [0.25, 0.3) is 5.91 Å². The summed E-state index contributed by atoms with van der Waals surface area (Å²) in [7, 11) is 0. The van der Waals surface area contributed by atoms with Gasteiger partial charge in [0.15, 0.2) is 0 Å². The van der Waals surface area contributed by atoms with Gasteiger partial charge in [0.2, 0.25) is 0 Å². The number of amides is 1. The summed E-state index contributed by atoms with van der Waals surface area (Å²) in [5.41, 5.74) is 8.62. The smallest absolute Gasteiger partial charge is 0.251 e. The minimum absolute atomic E-state index is 0.111. The number of anilines is 1. The van der Waals surface area contributed by atoms with Crippen LogP contribution < -0.4 is 11.1 Å². The Morgan fingerprint density at radius 1 is 1.27 bits per heavy atom. The van der Waals surface area contributed by atoms with E-state index in [0.29, 0.717) is 31.0 Å². The molecule has 0 bridgehead atoms. The number of carbonyl (C=O) groups excluding carboxylic acids is 1. The number of hydrogen-bond acceptors (Lipinski definition) is 4. The van der Waals surface area contributed by atoms with Crippen molar-refractivity contribution in [2.45, 2.75) is 13.0 Å². The van der Waals surface area contributed by atoms with Crippen LogP contribution in [0.2, 0.25) is 0 Å². The molecule has 3 N–H and O–H groups in total. The SMILES string of the molecule is Cc1ccc(N)cc1C(=O)NCC(c1cccc(F)c1)N1CCOCC1. The van der Waals surface area contributed by atoms with Gasteiger partial charge in [-0.2, -0.15) is 0 Å². The average molecular weight is 357 g/mol. The van der Waals surface area contributed by atoms with Crippen LogP contribution in [0.15, 0.2) is 42.5 Å². The lowest BCUT2D eigenvalue weighted by Crippen LogP contribution is -2.44. The summed E-state index contributed by atoms with van der Waals surface area (Å²) in [5.74, 6) is -0.455. The summed E-state index contributed by atoms with van der Waals surface area (Å²) < 4.78 is 19.1. The second-order valence-electron chi connectivity index (χ2n) is 6.50. The third kappa shape index (κ3) is 4.39. The Labute approximate surface area is 152 Å². The number of halogens is 1. The Balaban J connectivity index is 1.77. The van der Waals surface area contributed by atoms with Crippen molar-refractivity contribution in [1.82, 2.24) is 10.2 Å². The zero-order valence-electron chi connectivity index (χ0n) is 14.9. The highest BCUT2D eigenvalue weighted by Crippen LogP contribution is 2.22. The summed E-state index contributed by atoms with van der Waals surface area (Å²) in [5, 5.41) is 2.98. The molecule has 1 amide bonds. The number of carbonyl (C=O) groups is 1. The van der Waals surface area contributed by atoms with Crippen LogP contribution in [0.5, 0.6) is 0 Å². The molecular weight excluding hydrogens is 333 g/mol. The number of nitrogens with zero attached hydrogens (tertiary/aromatic N) is 1. The summed E-state index contributed by atoms with van der Waals surface area (Å²) >= 11 is 0. The van der Waals surface area contributed by atoms with Gasteiger partial charge in [-0.3, -0.25) is 9.69 Å². The molecule has 0 aliphatic carbocycles. The topological polar surface area (TPSA) is 67.6 Å². The van der Waals surface area contributed by atoms with Crippen LogP contribution in [-0.2, 0) is 4.74 Å². The number of morpholine rings is 1. The Morgan fingerprint density at radius 3 is 2.77 bits per heavy atom. The number of aryl methyl sites for hydroxylation is 1. The molecule has 0 spiro atoms. The molecule has 5 nitrogen and oxygen atoms in total. The van der Waals surface area contributed by atoms with Gasteiger partial charge < -0.3 is 15.8 Å². The van der Waals surface area contributed by atoms with Crippen LogP contribution >= 0.6 is 0 Å². The first-order chi connectivity index (χ1) is 12.5. The second-order valence-corrected chi connectivity index (χ2v) is 6.50. The third-order valence-corrected chi connectivity index (χ3v) is 4.68. The first kappa shape index (κ1) is 18.4. The molecule has 1 heterocycles. The lowest BCUT2D eigenvalue weighted by molar-refractivity contribution is 0.0162. The van der Waals surface area contributed by atoms with E-state index in [2.05, 4.69) is 10.2 Å². The Hall–Kier alpha value is -2.44. The number of nitrogens with two attached hydrogens (primary N) is 1. The van der Waals surface area contributed by atoms with Crippen LogP contribution in [0.4, 0.5) is 10.1 Å². The van der Waals surface area contributed by atoms with Gasteiger partial charge in [-0.15, -0.1) is 0 Å². The molecule has 0 saturated carbocycles. The zero-order valence-corrected chi connectivity index (χ0v) is 14.9. The van der Waals surface area contributed by atoms with Crippen LogP contribution in [0.25, 0.3) is 0 Å². The standard InChI is InChI=1S/C20H24FN3O2/c1-14-5-6-17(22)12-18(14)20(25)23-13-19(24-7-9-26-10-8-24)15-3-2-4-16(21)11-15/h2-6,11-12,19H,7-10,13,22H2,1H3,(H,23,25). The molecule has 6 heteroatoms. The highest BCUT2D eigenvalue weighted by Gasteiger charge is 2.24. The average Bonchev–Trinajstić information content (AvgIpc) is 2.65. The second kappa shape index (κ2) is 8.29. The van der Waals surface area contributed by atoms with Gasteiger partial charge in [-0.1, -0.05) is 18.2 Å². The van der Waals surface area contributed by atoms with Gasteiger partial charge in [-0.05, 0) is 42.3 Å². The van der Waals surface area contributed by atoms with Crippen molar-refractivity contribution < 1.29 is 13.9 Å². The molecule has 1 aliphatic heterocycles. The van der Waals surface area contributed by atoms with Crippen LogP contribution in [0, 0.1) is 12.7 Å². The maximum Gasteiger partial charge on any atom is 0.251 e.